The van der Waals surface area contributed by atoms with Crippen molar-refractivity contribution in [3.63, 3.8) is 0 Å². The largest absolute Gasteiger partial charge is 0.336 e. The second-order valence-electron chi connectivity index (χ2n) is 5.57. The predicted octanol–water partition coefficient (Wildman–Crippen LogP) is 5.02. The monoisotopic (exact) mass is 387 g/mol. The molecule has 1 N–H and O–H groups in total. The van der Waals surface area contributed by atoms with Gasteiger partial charge in [-0.1, -0.05) is 41.4 Å². The molecule has 0 unspecified atom stereocenters. The number of benzene rings is 2. The Kier molecular flexibility index (Phi) is 4.44. The Balaban J connectivity index is 1.71. The van der Waals surface area contributed by atoms with Gasteiger partial charge < -0.3 is 9.88 Å². The van der Waals surface area contributed by atoms with Crippen LogP contribution in [0.3, 0.4) is 0 Å². The average Bonchev–Trinajstić information content (AvgIpc) is 3.12. The van der Waals surface area contributed by atoms with Crippen LogP contribution in [0.25, 0.3) is 11.5 Å². The van der Waals surface area contributed by atoms with Gasteiger partial charge in [-0.25, -0.2) is 19.3 Å². The Bertz CT molecular complexity index is 1030. The molecule has 0 radical (unpaired) electrons. The molecule has 2 aliphatic heterocycles. The van der Waals surface area contributed by atoms with Crippen LogP contribution in [-0.4, -0.2) is 19.5 Å². The van der Waals surface area contributed by atoms with E-state index in [-0.39, 0.29) is 5.82 Å². The van der Waals surface area contributed by atoms with Crippen molar-refractivity contribution in [1.82, 2.24) is 19.5 Å². The van der Waals surface area contributed by atoms with Gasteiger partial charge in [-0.05, 0) is 24.3 Å². The van der Waals surface area contributed by atoms with E-state index >= 15 is 0 Å². The lowest BCUT2D eigenvalue weighted by Crippen LogP contribution is -2.10. The second-order valence-corrected chi connectivity index (χ2v) is 6.39. The fourth-order valence-corrected chi connectivity index (χ4v) is 3.15. The molecule has 0 aromatic heterocycles. The Labute approximate surface area is 158 Å². The number of nitrogens with one attached hydrogen (secondary N) is 1. The van der Waals surface area contributed by atoms with E-state index in [1.54, 1.807) is 47.3 Å². The van der Waals surface area contributed by atoms with Crippen LogP contribution in [0.15, 0.2) is 55.1 Å². The third kappa shape index (κ3) is 3.09. The molecule has 0 fully saturated rings. The zero-order chi connectivity index (χ0) is 18.1. The average molecular weight is 388 g/mol. The molecular weight excluding hydrogens is 376 g/mol. The maximum Gasteiger partial charge on any atom is 0.165 e. The highest BCUT2D eigenvalue weighted by Gasteiger charge is 2.19. The van der Waals surface area contributed by atoms with Crippen molar-refractivity contribution in [3.8, 4) is 11.5 Å². The van der Waals surface area contributed by atoms with Gasteiger partial charge in [0.2, 0.25) is 0 Å². The van der Waals surface area contributed by atoms with E-state index in [9.17, 15) is 4.39 Å². The van der Waals surface area contributed by atoms with Gasteiger partial charge in [0.05, 0.1) is 18.6 Å². The molecule has 0 saturated heterocycles. The van der Waals surface area contributed by atoms with Crippen LogP contribution in [0.4, 0.5) is 15.9 Å². The summed E-state index contributed by atoms with van der Waals surface area (Å²) in [6.07, 6.45) is 3.03. The fraction of sp³-hybridized carbons (Fsp3) is 0.0556. The van der Waals surface area contributed by atoms with Crippen molar-refractivity contribution < 1.29 is 4.39 Å². The lowest BCUT2D eigenvalue weighted by Gasteiger charge is -2.15. The van der Waals surface area contributed by atoms with Crippen LogP contribution < -0.4 is 5.32 Å². The lowest BCUT2D eigenvalue weighted by molar-refractivity contribution is 0.631. The van der Waals surface area contributed by atoms with Crippen LogP contribution in [0.2, 0.25) is 10.0 Å². The number of halogens is 3. The van der Waals surface area contributed by atoms with E-state index in [1.807, 2.05) is 0 Å². The van der Waals surface area contributed by atoms with Crippen molar-refractivity contribution in [2.24, 2.45) is 0 Å². The molecule has 2 aliphatic rings. The lowest BCUT2D eigenvalue weighted by atomic mass is 10.2. The molecule has 26 heavy (non-hydrogen) atoms. The smallest absolute Gasteiger partial charge is 0.165 e. The standard InChI is InChI=1S/C18H12Cl2FN5/c19-12-4-3-5-13(20)11(12)8-26-10-24-17(16-18(26)23-9-22-16)25-15-7-2-1-6-14(15)21/h1-7,9-10,25H,8H2. The normalized spacial score (nSPS) is 11.0. The summed E-state index contributed by atoms with van der Waals surface area (Å²) >= 11 is 12.5. The van der Waals surface area contributed by atoms with Crippen LogP contribution in [0.1, 0.15) is 5.56 Å². The first kappa shape index (κ1) is 16.8. The van der Waals surface area contributed by atoms with Gasteiger partial charge in [0.25, 0.3) is 0 Å². The number of rotatable bonds is 4. The topological polar surface area (TPSA) is 55.6 Å². The fourth-order valence-electron chi connectivity index (χ4n) is 2.63. The Hall–Kier alpha value is -2.70. The van der Waals surface area contributed by atoms with E-state index in [2.05, 4.69) is 20.3 Å². The molecule has 2 aromatic carbocycles. The van der Waals surface area contributed by atoms with Crippen LogP contribution >= 0.6 is 23.2 Å². The zero-order valence-electron chi connectivity index (χ0n) is 13.3. The van der Waals surface area contributed by atoms with E-state index in [0.29, 0.717) is 39.6 Å². The number of hydrogen-bond donors (Lipinski definition) is 1. The highest BCUT2D eigenvalue weighted by Crippen LogP contribution is 2.30. The number of aromatic nitrogens is 4. The van der Waals surface area contributed by atoms with Crippen molar-refractivity contribution in [3.05, 3.63) is 76.5 Å². The van der Waals surface area contributed by atoms with Gasteiger partial charge >= 0.3 is 0 Å². The van der Waals surface area contributed by atoms with Crippen molar-refractivity contribution in [2.45, 2.75) is 6.54 Å². The number of imidazole rings is 1. The minimum atomic E-state index is -0.374. The van der Waals surface area contributed by atoms with Crippen LogP contribution in [0.5, 0.6) is 0 Å². The van der Waals surface area contributed by atoms with Crippen molar-refractivity contribution >= 4 is 34.7 Å². The zero-order valence-corrected chi connectivity index (χ0v) is 14.8. The second kappa shape index (κ2) is 6.90. The van der Waals surface area contributed by atoms with E-state index in [0.717, 1.165) is 5.56 Å². The molecule has 0 amide bonds. The van der Waals surface area contributed by atoms with Crippen LogP contribution in [0, 0.1) is 5.82 Å². The van der Waals surface area contributed by atoms with Gasteiger partial charge in [-0.2, -0.15) is 0 Å². The summed E-state index contributed by atoms with van der Waals surface area (Å²) < 4.78 is 15.7. The summed E-state index contributed by atoms with van der Waals surface area (Å²) in [6.45, 7) is 0.390. The Morgan fingerprint density at radius 3 is 2.50 bits per heavy atom. The molecule has 2 aromatic rings. The molecule has 0 spiro atoms. The molecule has 0 atom stereocenters. The molecule has 5 nitrogen and oxygen atoms in total. The number of hydrogen-bond acceptors (Lipinski definition) is 4. The van der Waals surface area contributed by atoms with Gasteiger partial charge in [0.15, 0.2) is 17.3 Å². The van der Waals surface area contributed by atoms with Gasteiger partial charge in [-0.3, -0.25) is 0 Å². The minimum Gasteiger partial charge on any atom is -0.336 e. The molecule has 0 bridgehead atoms. The number of fused-ring (bicyclic) bond motifs is 1. The number of anilines is 2. The maximum atomic E-state index is 13.9. The summed E-state index contributed by atoms with van der Waals surface area (Å²) in [6, 6.07) is 11.7. The quantitative estimate of drug-likeness (QED) is 0.534. The number of nitrogens with zero attached hydrogens (tertiary/aromatic N) is 4. The first-order chi connectivity index (χ1) is 12.6. The van der Waals surface area contributed by atoms with Crippen molar-refractivity contribution in [2.75, 3.05) is 5.32 Å². The molecule has 4 rings (SSSR count). The first-order valence-electron chi connectivity index (χ1n) is 7.74. The maximum absolute atomic E-state index is 13.9. The third-order valence-electron chi connectivity index (χ3n) is 3.92. The summed E-state index contributed by atoms with van der Waals surface area (Å²) in [4.78, 5) is 12.9. The Morgan fingerprint density at radius 1 is 0.962 bits per heavy atom. The highest BCUT2D eigenvalue weighted by molar-refractivity contribution is 6.35. The molecule has 2 heterocycles. The SMILES string of the molecule is Fc1ccccc1Nc1ncn(Cc2c(Cl)cccc2Cl)c2ncnc1-2. The summed E-state index contributed by atoms with van der Waals surface area (Å²) in [7, 11) is 0. The van der Waals surface area contributed by atoms with E-state index in [4.69, 9.17) is 23.2 Å². The van der Waals surface area contributed by atoms with Gasteiger partial charge in [-0.15, -0.1) is 0 Å². The molecular formula is C18H12Cl2FN5. The predicted molar refractivity (Wildman–Crippen MR) is 99.7 cm³/mol. The minimum absolute atomic E-state index is 0.316. The summed E-state index contributed by atoms with van der Waals surface area (Å²) in [5.74, 6) is 0.639. The summed E-state index contributed by atoms with van der Waals surface area (Å²) in [5.41, 5.74) is 1.61. The van der Waals surface area contributed by atoms with Crippen LogP contribution in [-0.2, 0) is 6.54 Å². The van der Waals surface area contributed by atoms with E-state index in [1.165, 1.54) is 12.4 Å². The van der Waals surface area contributed by atoms with Gasteiger partial charge in [0, 0.05) is 15.6 Å². The Morgan fingerprint density at radius 2 is 1.73 bits per heavy atom. The third-order valence-corrected chi connectivity index (χ3v) is 4.63. The molecule has 8 heteroatoms. The molecule has 130 valence electrons. The number of para-hydroxylation sites is 1. The molecule has 0 saturated carbocycles. The van der Waals surface area contributed by atoms with Crippen molar-refractivity contribution in [1.29, 1.82) is 0 Å². The first-order valence-corrected chi connectivity index (χ1v) is 8.49. The van der Waals surface area contributed by atoms with Gasteiger partial charge in [0.1, 0.15) is 12.1 Å². The highest BCUT2D eigenvalue weighted by atomic mass is 35.5. The summed E-state index contributed by atoms with van der Waals surface area (Å²) in [5, 5.41) is 4.08. The molecule has 0 aliphatic carbocycles. The van der Waals surface area contributed by atoms with E-state index < -0.39 is 0 Å².